The largest absolute Gasteiger partial charge is 0.493 e. The zero-order valence-corrected chi connectivity index (χ0v) is 13.8. The minimum Gasteiger partial charge on any atom is -0.493 e. The lowest BCUT2D eigenvalue weighted by atomic mass is 9.93. The summed E-state index contributed by atoms with van der Waals surface area (Å²) in [7, 11) is 0. The molecule has 126 valence electrons. The van der Waals surface area contributed by atoms with Crippen molar-refractivity contribution in [2.45, 2.75) is 37.6 Å². The summed E-state index contributed by atoms with van der Waals surface area (Å²) in [6.45, 7) is 2.28. The number of benzene rings is 1. The zero-order chi connectivity index (χ0) is 16.4. The number of H-pyrrole nitrogens is 1. The molecule has 24 heavy (non-hydrogen) atoms. The van der Waals surface area contributed by atoms with E-state index in [0.29, 0.717) is 18.5 Å². The fourth-order valence-electron chi connectivity index (χ4n) is 4.04. The van der Waals surface area contributed by atoms with E-state index < -0.39 is 0 Å². The van der Waals surface area contributed by atoms with Crippen LogP contribution < -0.4 is 4.74 Å². The lowest BCUT2D eigenvalue weighted by molar-refractivity contribution is -0.109. The summed E-state index contributed by atoms with van der Waals surface area (Å²) in [5.41, 5.74) is 2.71. The third-order valence-electron chi connectivity index (χ3n) is 5.29. The molecule has 3 heterocycles. The molecule has 2 atom stereocenters. The second-order valence-corrected chi connectivity index (χ2v) is 6.75. The summed E-state index contributed by atoms with van der Waals surface area (Å²) in [6.07, 6.45) is 8.76. The van der Waals surface area contributed by atoms with Crippen LogP contribution in [0.5, 0.6) is 5.75 Å². The molecule has 2 unspecified atom stereocenters. The van der Waals surface area contributed by atoms with Crippen molar-refractivity contribution in [3.8, 4) is 5.75 Å². The van der Waals surface area contributed by atoms with Crippen molar-refractivity contribution < 1.29 is 9.53 Å². The Morgan fingerprint density at radius 2 is 2.38 bits per heavy atom. The first kappa shape index (κ1) is 15.4. The van der Waals surface area contributed by atoms with Crippen molar-refractivity contribution >= 4 is 6.29 Å². The van der Waals surface area contributed by atoms with E-state index in [9.17, 15) is 4.79 Å². The van der Waals surface area contributed by atoms with Gasteiger partial charge in [-0.1, -0.05) is 12.1 Å². The van der Waals surface area contributed by atoms with Gasteiger partial charge in [0.25, 0.3) is 0 Å². The highest BCUT2D eigenvalue weighted by Crippen LogP contribution is 2.36. The van der Waals surface area contributed by atoms with Crippen molar-refractivity contribution in [3.05, 3.63) is 47.5 Å². The molecule has 1 aromatic carbocycles. The van der Waals surface area contributed by atoms with Crippen molar-refractivity contribution in [2.24, 2.45) is 0 Å². The molecule has 0 aliphatic carbocycles. The van der Waals surface area contributed by atoms with Crippen molar-refractivity contribution in [2.75, 3.05) is 19.7 Å². The Labute approximate surface area is 142 Å². The van der Waals surface area contributed by atoms with Crippen LogP contribution in [-0.4, -0.2) is 46.9 Å². The number of nitrogens with zero attached hydrogens (tertiary/aromatic N) is 2. The highest BCUT2D eigenvalue weighted by atomic mass is 16.5. The number of aldehydes is 1. The second-order valence-electron chi connectivity index (χ2n) is 6.75. The number of aryl methyl sites for hydroxylation is 1. The Kier molecular flexibility index (Phi) is 4.34. The maximum absolute atomic E-state index is 11.1. The van der Waals surface area contributed by atoms with E-state index >= 15 is 0 Å². The van der Waals surface area contributed by atoms with Crippen LogP contribution in [0.4, 0.5) is 0 Å². The SMILES string of the molecule is O=CCN1CC(c2ccc3c(c2)CCO3)CC1CCc1ncc[nH]1. The number of aromatic amines is 1. The summed E-state index contributed by atoms with van der Waals surface area (Å²) >= 11 is 0. The Bertz CT molecular complexity index is 699. The van der Waals surface area contributed by atoms with Gasteiger partial charge in [0, 0.05) is 37.8 Å². The highest BCUT2D eigenvalue weighted by Gasteiger charge is 2.32. The molecule has 0 radical (unpaired) electrons. The van der Waals surface area contributed by atoms with Crippen LogP contribution in [0.15, 0.2) is 30.6 Å². The predicted octanol–water partition coefficient (Wildman–Crippen LogP) is 2.33. The van der Waals surface area contributed by atoms with E-state index in [4.69, 9.17) is 4.74 Å². The van der Waals surface area contributed by atoms with Gasteiger partial charge >= 0.3 is 0 Å². The molecule has 1 aromatic heterocycles. The monoisotopic (exact) mass is 325 g/mol. The molecule has 0 spiro atoms. The first-order chi connectivity index (χ1) is 11.8. The number of nitrogens with one attached hydrogen (secondary N) is 1. The van der Waals surface area contributed by atoms with Crippen LogP contribution in [0.2, 0.25) is 0 Å². The van der Waals surface area contributed by atoms with Gasteiger partial charge in [-0.15, -0.1) is 0 Å². The third kappa shape index (κ3) is 3.08. The van der Waals surface area contributed by atoms with Crippen LogP contribution in [0.1, 0.15) is 35.7 Å². The second kappa shape index (κ2) is 6.77. The van der Waals surface area contributed by atoms with Gasteiger partial charge in [0.05, 0.1) is 13.2 Å². The summed E-state index contributed by atoms with van der Waals surface area (Å²) in [4.78, 5) is 20.9. The molecule has 5 nitrogen and oxygen atoms in total. The van der Waals surface area contributed by atoms with Gasteiger partial charge < -0.3 is 14.5 Å². The molecule has 0 saturated carbocycles. The van der Waals surface area contributed by atoms with Crippen molar-refractivity contribution in [1.82, 2.24) is 14.9 Å². The van der Waals surface area contributed by atoms with Crippen LogP contribution in [0, 0.1) is 0 Å². The first-order valence-electron chi connectivity index (χ1n) is 8.75. The van der Waals surface area contributed by atoms with Crippen molar-refractivity contribution in [3.63, 3.8) is 0 Å². The molecular weight excluding hydrogens is 302 g/mol. The normalized spacial score (nSPS) is 23.2. The average Bonchev–Trinajstić information content (AvgIpc) is 3.33. The zero-order valence-electron chi connectivity index (χ0n) is 13.8. The Hall–Kier alpha value is -2.14. The Morgan fingerprint density at radius 3 is 3.21 bits per heavy atom. The lowest BCUT2D eigenvalue weighted by Gasteiger charge is -2.21. The number of hydrogen-bond acceptors (Lipinski definition) is 4. The number of likely N-dealkylation sites (tertiary alicyclic amines) is 1. The van der Waals surface area contributed by atoms with Gasteiger partial charge in [-0.2, -0.15) is 0 Å². The standard InChI is InChI=1S/C19H23N3O2/c23-9-8-22-13-16(12-17(22)2-4-19-20-6-7-21-19)14-1-3-18-15(11-14)5-10-24-18/h1,3,6-7,9,11,16-17H,2,4-5,8,10,12-13H2,(H,20,21). The highest BCUT2D eigenvalue weighted by molar-refractivity contribution is 5.52. The first-order valence-corrected chi connectivity index (χ1v) is 8.75. The van der Waals surface area contributed by atoms with Gasteiger partial charge in [-0.05, 0) is 36.0 Å². The average molecular weight is 325 g/mol. The van der Waals surface area contributed by atoms with Crippen LogP contribution in [-0.2, 0) is 17.6 Å². The molecule has 1 saturated heterocycles. The van der Waals surface area contributed by atoms with Crippen LogP contribution in [0.3, 0.4) is 0 Å². The summed E-state index contributed by atoms with van der Waals surface area (Å²) in [5, 5.41) is 0. The summed E-state index contributed by atoms with van der Waals surface area (Å²) in [5.74, 6) is 2.56. The van der Waals surface area contributed by atoms with E-state index in [0.717, 1.165) is 56.7 Å². The molecule has 1 N–H and O–H groups in total. The van der Waals surface area contributed by atoms with Gasteiger partial charge in [0.1, 0.15) is 17.9 Å². The number of imidazole rings is 1. The number of carbonyl (C=O) groups is 1. The Morgan fingerprint density at radius 1 is 1.42 bits per heavy atom. The number of aromatic nitrogens is 2. The van der Waals surface area contributed by atoms with E-state index in [1.807, 2.05) is 6.20 Å². The van der Waals surface area contributed by atoms with E-state index in [1.165, 1.54) is 11.1 Å². The smallest absolute Gasteiger partial charge is 0.133 e. The van der Waals surface area contributed by atoms with E-state index in [1.54, 1.807) is 6.20 Å². The number of ether oxygens (including phenoxy) is 1. The maximum atomic E-state index is 11.1. The van der Waals surface area contributed by atoms with Gasteiger partial charge in [0.2, 0.25) is 0 Å². The number of fused-ring (bicyclic) bond motifs is 1. The molecule has 4 rings (SSSR count). The predicted molar refractivity (Wildman–Crippen MR) is 91.3 cm³/mol. The van der Waals surface area contributed by atoms with Crippen LogP contribution >= 0.6 is 0 Å². The van der Waals surface area contributed by atoms with Gasteiger partial charge in [-0.3, -0.25) is 4.90 Å². The molecule has 0 bridgehead atoms. The maximum Gasteiger partial charge on any atom is 0.133 e. The summed E-state index contributed by atoms with van der Waals surface area (Å²) < 4.78 is 5.61. The molecule has 2 aliphatic rings. The van der Waals surface area contributed by atoms with E-state index in [-0.39, 0.29) is 0 Å². The number of rotatable bonds is 6. The van der Waals surface area contributed by atoms with Gasteiger partial charge in [0.15, 0.2) is 0 Å². The van der Waals surface area contributed by atoms with Gasteiger partial charge in [-0.25, -0.2) is 4.98 Å². The van der Waals surface area contributed by atoms with Crippen LogP contribution in [0.25, 0.3) is 0 Å². The third-order valence-corrected chi connectivity index (χ3v) is 5.29. The molecule has 5 heteroatoms. The number of carbonyl (C=O) groups excluding carboxylic acids is 1. The fraction of sp³-hybridized carbons (Fsp3) is 0.474. The molecule has 2 aliphatic heterocycles. The quantitative estimate of drug-likeness (QED) is 0.828. The molecule has 1 fully saturated rings. The summed E-state index contributed by atoms with van der Waals surface area (Å²) in [6, 6.07) is 7.05. The van der Waals surface area contributed by atoms with Crippen molar-refractivity contribution in [1.29, 1.82) is 0 Å². The topological polar surface area (TPSA) is 58.2 Å². The number of hydrogen-bond donors (Lipinski definition) is 1. The van der Waals surface area contributed by atoms with E-state index in [2.05, 4.69) is 33.1 Å². The minimum atomic E-state index is 0.440. The lowest BCUT2D eigenvalue weighted by Crippen LogP contribution is -2.31. The Balaban J connectivity index is 1.46. The molecule has 2 aromatic rings. The molecular formula is C19H23N3O2. The fourth-order valence-corrected chi connectivity index (χ4v) is 4.04. The molecule has 0 amide bonds. The minimum absolute atomic E-state index is 0.440.